The summed E-state index contributed by atoms with van der Waals surface area (Å²) < 4.78 is 6.10. The molecule has 5 heteroatoms. The number of carbonyl (C=O) groups is 1. The van der Waals surface area contributed by atoms with E-state index in [1.165, 1.54) is 12.0 Å². The largest absolute Gasteiger partial charge is 0.481 e. The molecular formula is C26H40O5. The van der Waals surface area contributed by atoms with Crippen molar-refractivity contribution < 1.29 is 24.9 Å². The monoisotopic (exact) mass is 432 g/mol. The molecule has 3 N–H and O–H groups in total. The molecule has 174 valence electrons. The fourth-order valence-electron chi connectivity index (χ4n) is 6.29. The van der Waals surface area contributed by atoms with Crippen LogP contribution < -0.4 is 0 Å². The van der Waals surface area contributed by atoms with Gasteiger partial charge in [0.25, 0.3) is 0 Å². The summed E-state index contributed by atoms with van der Waals surface area (Å²) in [6, 6.07) is 0. The third-order valence-corrected chi connectivity index (χ3v) is 7.92. The minimum atomic E-state index is -0.788. The number of carboxylic acid groups (broad SMARTS) is 1. The number of rotatable bonds is 8. The second-order valence-electron chi connectivity index (χ2n) is 9.72. The zero-order valence-corrected chi connectivity index (χ0v) is 19.2. The van der Waals surface area contributed by atoms with Crippen molar-refractivity contribution in [2.24, 2.45) is 23.7 Å². The topological polar surface area (TPSA) is 87.0 Å². The van der Waals surface area contributed by atoms with E-state index in [-0.39, 0.29) is 30.1 Å². The summed E-state index contributed by atoms with van der Waals surface area (Å²) in [6.07, 6.45) is 11.7. The summed E-state index contributed by atoms with van der Waals surface area (Å²) in [6.45, 7) is 2.17. The lowest BCUT2D eigenvalue weighted by molar-refractivity contribution is -0.167. The number of aliphatic hydroxyl groups is 2. The summed E-state index contributed by atoms with van der Waals surface area (Å²) >= 11 is 0. The first kappa shape index (κ1) is 24.3. The summed E-state index contributed by atoms with van der Waals surface area (Å²) in [5, 5.41) is 30.6. The molecule has 0 saturated heterocycles. The number of hydrogen-bond donors (Lipinski definition) is 3. The van der Waals surface area contributed by atoms with Crippen LogP contribution >= 0.6 is 0 Å². The smallest absolute Gasteiger partial charge is 0.303 e. The first-order valence-corrected chi connectivity index (χ1v) is 12.3. The lowest BCUT2D eigenvalue weighted by Gasteiger charge is -2.62. The number of hydrogen-bond acceptors (Lipinski definition) is 4. The molecule has 0 heterocycles. The van der Waals surface area contributed by atoms with Gasteiger partial charge < -0.3 is 20.1 Å². The Morgan fingerprint density at radius 2 is 2.03 bits per heavy atom. The Balaban J connectivity index is 1.83. The van der Waals surface area contributed by atoms with Crippen molar-refractivity contribution >= 4 is 5.97 Å². The quantitative estimate of drug-likeness (QED) is 0.393. The molecule has 6 unspecified atom stereocenters. The van der Waals surface area contributed by atoms with Gasteiger partial charge in [0, 0.05) is 19.4 Å². The zero-order valence-electron chi connectivity index (χ0n) is 19.2. The van der Waals surface area contributed by atoms with Crippen molar-refractivity contribution in [1.82, 2.24) is 0 Å². The van der Waals surface area contributed by atoms with E-state index in [1.807, 2.05) is 0 Å². The molecule has 3 rings (SSSR count). The lowest BCUT2D eigenvalue weighted by atomic mass is 9.47. The van der Waals surface area contributed by atoms with Gasteiger partial charge in [0.1, 0.15) is 6.10 Å². The van der Waals surface area contributed by atoms with Gasteiger partial charge in [-0.15, -0.1) is 0 Å². The summed E-state index contributed by atoms with van der Waals surface area (Å²) in [7, 11) is 1.73. The molecular weight excluding hydrogens is 392 g/mol. The summed E-state index contributed by atoms with van der Waals surface area (Å²) in [5.41, 5.74) is 0.756. The average Bonchev–Trinajstić information content (AvgIpc) is 2.77. The molecule has 6 atom stereocenters. The number of ether oxygens (including phenoxy) is 1. The van der Waals surface area contributed by atoms with Crippen LogP contribution in [0.25, 0.3) is 0 Å². The molecule has 0 amide bonds. The van der Waals surface area contributed by atoms with Crippen LogP contribution in [0.15, 0.2) is 11.6 Å². The van der Waals surface area contributed by atoms with Gasteiger partial charge in [0.15, 0.2) is 0 Å². The number of aliphatic hydroxyl groups excluding tert-OH is 2. The molecule has 0 aliphatic heterocycles. The summed E-state index contributed by atoms with van der Waals surface area (Å²) in [5.74, 6) is 6.02. The van der Waals surface area contributed by atoms with E-state index < -0.39 is 23.8 Å². The van der Waals surface area contributed by atoms with Crippen LogP contribution in [0.4, 0.5) is 0 Å². The number of fused-ring (bicyclic) bond motifs is 1. The highest BCUT2D eigenvalue weighted by molar-refractivity contribution is 5.66. The molecule has 3 saturated carbocycles. The molecule has 0 aromatic heterocycles. The number of methoxy groups -OCH3 is 1. The van der Waals surface area contributed by atoms with E-state index in [9.17, 15) is 15.0 Å². The number of allylic oxidation sites excluding steroid dienone is 1. The van der Waals surface area contributed by atoms with E-state index in [2.05, 4.69) is 24.8 Å². The number of carboxylic acids is 1. The molecule has 3 aliphatic carbocycles. The third kappa shape index (κ3) is 5.18. The van der Waals surface area contributed by atoms with E-state index in [4.69, 9.17) is 9.84 Å². The maximum atomic E-state index is 11.0. The second kappa shape index (κ2) is 11.0. The highest BCUT2D eigenvalue weighted by atomic mass is 16.5. The highest BCUT2D eigenvalue weighted by Crippen LogP contribution is 2.61. The average molecular weight is 433 g/mol. The number of unbranched alkanes of at least 4 members (excludes halogenated alkanes) is 1. The van der Waals surface area contributed by atoms with Crippen LogP contribution in [0, 0.1) is 35.5 Å². The lowest BCUT2D eigenvalue weighted by Crippen LogP contribution is -2.64. The molecule has 0 bridgehead atoms. The first-order chi connectivity index (χ1) is 14.9. The number of aliphatic carboxylic acids is 1. The van der Waals surface area contributed by atoms with Gasteiger partial charge in [-0.05, 0) is 55.9 Å². The Morgan fingerprint density at radius 1 is 1.29 bits per heavy atom. The molecule has 3 fully saturated rings. The van der Waals surface area contributed by atoms with Crippen LogP contribution in [0.5, 0.6) is 0 Å². The minimum absolute atomic E-state index is 0.0925. The van der Waals surface area contributed by atoms with Crippen LogP contribution in [-0.4, -0.2) is 46.2 Å². The van der Waals surface area contributed by atoms with Gasteiger partial charge in [-0.25, -0.2) is 0 Å². The maximum Gasteiger partial charge on any atom is 0.303 e. The Morgan fingerprint density at radius 3 is 2.68 bits per heavy atom. The van der Waals surface area contributed by atoms with Gasteiger partial charge in [0.2, 0.25) is 0 Å². The maximum absolute atomic E-state index is 11.0. The van der Waals surface area contributed by atoms with Gasteiger partial charge in [-0.3, -0.25) is 4.79 Å². The van der Waals surface area contributed by atoms with Crippen LogP contribution in [0.3, 0.4) is 0 Å². The molecule has 0 radical (unpaired) electrons. The Hall–Kier alpha value is -1.35. The van der Waals surface area contributed by atoms with Crippen molar-refractivity contribution in [2.45, 2.75) is 102 Å². The van der Waals surface area contributed by atoms with Crippen LogP contribution in [0.1, 0.15) is 84.0 Å². The predicted octanol–water partition coefficient (Wildman–Crippen LogP) is 4.31. The molecule has 31 heavy (non-hydrogen) atoms. The molecule has 0 aromatic rings. The van der Waals surface area contributed by atoms with Crippen molar-refractivity contribution in [3.63, 3.8) is 0 Å². The minimum Gasteiger partial charge on any atom is -0.481 e. The van der Waals surface area contributed by atoms with Crippen molar-refractivity contribution in [1.29, 1.82) is 0 Å². The van der Waals surface area contributed by atoms with Gasteiger partial charge in [0.05, 0.1) is 17.6 Å². The molecule has 3 aliphatic rings. The molecule has 0 aromatic carbocycles. The molecule has 0 spiro atoms. The SMILES string of the molecule is CCCCC1C(=CCCC(=O)O)C2(OC)CCC(O)C(C#CC(O)C3CCCCC3)C12. The van der Waals surface area contributed by atoms with E-state index in [1.54, 1.807) is 7.11 Å². The first-order valence-electron chi connectivity index (χ1n) is 12.3. The Kier molecular flexibility index (Phi) is 8.61. The Bertz CT molecular complexity index is 698. The fourth-order valence-corrected chi connectivity index (χ4v) is 6.29. The predicted molar refractivity (Wildman–Crippen MR) is 120 cm³/mol. The van der Waals surface area contributed by atoms with E-state index in [0.717, 1.165) is 51.4 Å². The zero-order chi connectivity index (χ0) is 22.4. The second-order valence-corrected chi connectivity index (χ2v) is 9.72. The van der Waals surface area contributed by atoms with E-state index in [0.29, 0.717) is 12.8 Å². The van der Waals surface area contributed by atoms with Crippen molar-refractivity contribution in [2.75, 3.05) is 7.11 Å². The van der Waals surface area contributed by atoms with E-state index >= 15 is 0 Å². The van der Waals surface area contributed by atoms with Crippen LogP contribution in [0.2, 0.25) is 0 Å². The van der Waals surface area contributed by atoms with Crippen molar-refractivity contribution in [3.05, 3.63) is 11.6 Å². The fraction of sp³-hybridized carbons (Fsp3) is 0.808. The highest BCUT2D eigenvalue weighted by Gasteiger charge is 2.63. The normalized spacial score (nSPS) is 35.5. The standard InChI is InChI=1S/C26H40O5/c1-3-4-11-19-21(12-8-13-24(29)30)26(31-2)17-16-23(28)20(25(19)26)14-15-22(27)18-9-6-5-7-10-18/h12,18-20,22-23,25,27-28H,3-11,13,16-17H2,1-2H3,(H,29,30). The van der Waals surface area contributed by atoms with Crippen molar-refractivity contribution in [3.8, 4) is 11.8 Å². The van der Waals surface area contributed by atoms with Gasteiger partial charge in [-0.1, -0.05) is 56.9 Å². The molecule has 5 nitrogen and oxygen atoms in total. The third-order valence-electron chi connectivity index (χ3n) is 7.92. The van der Waals surface area contributed by atoms with Crippen LogP contribution in [-0.2, 0) is 9.53 Å². The summed E-state index contributed by atoms with van der Waals surface area (Å²) in [4.78, 5) is 11.0. The van der Waals surface area contributed by atoms with Gasteiger partial charge >= 0.3 is 5.97 Å². The Labute approximate surface area is 187 Å². The van der Waals surface area contributed by atoms with Gasteiger partial charge in [-0.2, -0.15) is 0 Å².